The molecule has 0 aliphatic heterocycles. The van der Waals surface area contributed by atoms with E-state index in [1.165, 1.54) is 22.2 Å². The van der Waals surface area contributed by atoms with Crippen LogP contribution in [0.2, 0.25) is 0 Å². The molecule has 7 nitrogen and oxygen atoms in total. The average Bonchev–Trinajstić information content (AvgIpc) is 3.38. The Balaban J connectivity index is 1.41. The van der Waals surface area contributed by atoms with Crippen LogP contribution >= 0.6 is 23.1 Å². The number of thioether (sulfide) groups is 1. The molecule has 1 aliphatic rings. The van der Waals surface area contributed by atoms with Crippen LogP contribution in [0.4, 0.5) is 0 Å². The van der Waals surface area contributed by atoms with E-state index in [4.69, 9.17) is 9.40 Å². The monoisotopic (exact) mass is 490 g/mol. The maximum atomic E-state index is 13.5. The normalized spacial score (nSPS) is 15.9. The Labute approximate surface area is 202 Å². The van der Waals surface area contributed by atoms with Gasteiger partial charge in [-0.3, -0.25) is 14.2 Å². The smallest absolute Gasteiger partial charge is 0.294 e. The Morgan fingerprint density at radius 2 is 2.18 bits per heavy atom. The van der Waals surface area contributed by atoms with Crippen molar-refractivity contribution in [3.05, 3.63) is 73.9 Å². The number of aromatic nitrogens is 4. The van der Waals surface area contributed by atoms with Gasteiger partial charge in [-0.15, -0.1) is 17.9 Å². The molecular formula is C25H22N4O3S2. The fourth-order valence-electron chi connectivity index (χ4n) is 4.65. The summed E-state index contributed by atoms with van der Waals surface area (Å²) in [5, 5.41) is 2.16. The summed E-state index contributed by atoms with van der Waals surface area (Å²) in [5.41, 5.74) is 2.23. The standard InChI is InChI=1S/C25H22N4O3S2/c1-3-10-29-24(31)19-15-9-8-13(2)11-17(15)34-23(19)28-25(29)33-12-18-26-20-14-6-4-5-7-16(14)32-21(20)22(30)27-18/h3-7,13H,1,8-12H2,2H3,(H,26,27,30). The van der Waals surface area contributed by atoms with Gasteiger partial charge in [0.05, 0.1) is 11.1 Å². The minimum atomic E-state index is -0.316. The highest BCUT2D eigenvalue weighted by atomic mass is 32.2. The van der Waals surface area contributed by atoms with E-state index in [0.717, 1.165) is 34.9 Å². The number of H-pyrrole nitrogens is 1. The van der Waals surface area contributed by atoms with Gasteiger partial charge in [0.1, 0.15) is 21.8 Å². The number of allylic oxidation sites excluding steroid dienone is 1. The second-order valence-corrected chi connectivity index (χ2v) is 10.7. The van der Waals surface area contributed by atoms with Gasteiger partial charge in [0.15, 0.2) is 5.16 Å². The van der Waals surface area contributed by atoms with Crippen molar-refractivity contribution in [2.45, 2.75) is 43.6 Å². The highest BCUT2D eigenvalue weighted by Gasteiger charge is 2.24. The van der Waals surface area contributed by atoms with Gasteiger partial charge in [0.2, 0.25) is 5.58 Å². The summed E-state index contributed by atoms with van der Waals surface area (Å²) in [4.78, 5) is 40.6. The first-order valence-electron chi connectivity index (χ1n) is 11.2. The molecule has 0 spiro atoms. The van der Waals surface area contributed by atoms with E-state index in [2.05, 4.69) is 23.5 Å². The molecule has 0 saturated carbocycles. The van der Waals surface area contributed by atoms with E-state index >= 15 is 0 Å². The highest BCUT2D eigenvalue weighted by Crippen LogP contribution is 2.36. The summed E-state index contributed by atoms with van der Waals surface area (Å²) in [6, 6.07) is 7.46. The topological polar surface area (TPSA) is 93.8 Å². The summed E-state index contributed by atoms with van der Waals surface area (Å²) < 4.78 is 7.36. The van der Waals surface area contributed by atoms with Crippen LogP contribution in [0.3, 0.4) is 0 Å². The number of furan rings is 1. The molecule has 9 heteroatoms. The maximum Gasteiger partial charge on any atom is 0.294 e. The SMILES string of the molecule is C=CCn1c(SCc2nc3c(oc4ccccc43)c(=O)[nH]2)nc2sc3c(c2c1=O)CCC(C)C3. The van der Waals surface area contributed by atoms with E-state index in [9.17, 15) is 9.59 Å². The third-order valence-electron chi connectivity index (χ3n) is 6.31. The Morgan fingerprint density at radius 3 is 3.03 bits per heavy atom. The number of para-hydroxylation sites is 1. The lowest BCUT2D eigenvalue weighted by molar-refractivity contribution is 0.509. The van der Waals surface area contributed by atoms with Crippen LogP contribution in [-0.2, 0) is 25.1 Å². The van der Waals surface area contributed by atoms with Crippen molar-refractivity contribution in [3.8, 4) is 0 Å². The molecule has 1 N–H and O–H groups in total. The van der Waals surface area contributed by atoms with Crippen molar-refractivity contribution >= 4 is 55.4 Å². The first-order valence-corrected chi connectivity index (χ1v) is 13.0. The number of hydrogen-bond donors (Lipinski definition) is 1. The molecule has 1 unspecified atom stereocenters. The number of aromatic amines is 1. The fraction of sp³-hybridized carbons (Fsp3) is 0.280. The van der Waals surface area contributed by atoms with Crippen LogP contribution < -0.4 is 11.1 Å². The summed E-state index contributed by atoms with van der Waals surface area (Å²) in [6.45, 7) is 6.46. The molecule has 1 aromatic carbocycles. The lowest BCUT2D eigenvalue weighted by atomic mass is 9.89. The van der Waals surface area contributed by atoms with E-state index in [1.807, 2.05) is 24.3 Å². The van der Waals surface area contributed by atoms with Crippen LogP contribution in [-0.4, -0.2) is 19.5 Å². The number of benzene rings is 1. The third kappa shape index (κ3) is 3.42. The van der Waals surface area contributed by atoms with Crippen LogP contribution in [0, 0.1) is 5.92 Å². The van der Waals surface area contributed by atoms with Crippen molar-refractivity contribution in [2.75, 3.05) is 0 Å². The molecule has 0 fully saturated rings. The molecule has 4 heterocycles. The predicted octanol–water partition coefficient (Wildman–Crippen LogP) is 5.04. The Bertz CT molecular complexity index is 1710. The Morgan fingerprint density at radius 1 is 1.32 bits per heavy atom. The molecule has 172 valence electrons. The van der Waals surface area contributed by atoms with Gasteiger partial charge in [-0.1, -0.05) is 36.9 Å². The largest absolute Gasteiger partial charge is 0.449 e. The first kappa shape index (κ1) is 21.4. The summed E-state index contributed by atoms with van der Waals surface area (Å²) in [6.07, 6.45) is 4.74. The zero-order valence-electron chi connectivity index (χ0n) is 18.6. The van der Waals surface area contributed by atoms with Crippen LogP contribution in [0.5, 0.6) is 0 Å². The van der Waals surface area contributed by atoms with E-state index < -0.39 is 0 Å². The zero-order chi connectivity index (χ0) is 23.4. The molecule has 34 heavy (non-hydrogen) atoms. The number of thiophene rings is 1. The van der Waals surface area contributed by atoms with Crippen LogP contribution in [0.1, 0.15) is 29.6 Å². The van der Waals surface area contributed by atoms with Gasteiger partial charge >= 0.3 is 0 Å². The second kappa shape index (κ2) is 8.25. The number of aryl methyl sites for hydroxylation is 1. The molecule has 0 bridgehead atoms. The first-order chi connectivity index (χ1) is 16.5. The van der Waals surface area contributed by atoms with E-state index in [0.29, 0.717) is 40.3 Å². The van der Waals surface area contributed by atoms with Gasteiger partial charge in [-0.25, -0.2) is 9.97 Å². The van der Waals surface area contributed by atoms with E-state index in [1.54, 1.807) is 22.0 Å². The molecule has 0 amide bonds. The van der Waals surface area contributed by atoms with Crippen molar-refractivity contribution in [1.29, 1.82) is 0 Å². The molecule has 1 atom stereocenters. The number of hydrogen-bond acceptors (Lipinski definition) is 7. The van der Waals surface area contributed by atoms with Crippen molar-refractivity contribution < 1.29 is 4.42 Å². The number of fused-ring (bicyclic) bond motifs is 6. The minimum absolute atomic E-state index is 0.0165. The third-order valence-corrected chi connectivity index (χ3v) is 8.45. The summed E-state index contributed by atoms with van der Waals surface area (Å²) in [5.74, 6) is 1.50. The van der Waals surface area contributed by atoms with Gasteiger partial charge in [0, 0.05) is 16.8 Å². The molecule has 1 aliphatic carbocycles. The van der Waals surface area contributed by atoms with Gasteiger partial charge in [-0.2, -0.15) is 0 Å². The quantitative estimate of drug-likeness (QED) is 0.211. The van der Waals surface area contributed by atoms with Crippen LogP contribution in [0.25, 0.3) is 32.3 Å². The summed E-state index contributed by atoms with van der Waals surface area (Å²) >= 11 is 3.03. The van der Waals surface area contributed by atoms with Crippen molar-refractivity contribution in [1.82, 2.24) is 19.5 Å². The summed E-state index contributed by atoms with van der Waals surface area (Å²) in [7, 11) is 0. The Hall–Kier alpha value is -3.17. The molecule has 0 radical (unpaired) electrons. The van der Waals surface area contributed by atoms with E-state index in [-0.39, 0.29) is 16.7 Å². The number of nitrogens with one attached hydrogen (secondary N) is 1. The van der Waals surface area contributed by atoms with Gasteiger partial charge in [-0.05, 0) is 42.9 Å². The second-order valence-electron chi connectivity index (χ2n) is 8.71. The maximum absolute atomic E-state index is 13.5. The van der Waals surface area contributed by atoms with Crippen molar-refractivity contribution in [2.24, 2.45) is 5.92 Å². The number of rotatable bonds is 5. The number of nitrogens with zero attached hydrogens (tertiary/aromatic N) is 3. The predicted molar refractivity (Wildman–Crippen MR) is 137 cm³/mol. The molecule has 0 saturated heterocycles. The molecule has 6 rings (SSSR count). The molecule has 5 aromatic rings. The average molecular weight is 491 g/mol. The van der Waals surface area contributed by atoms with Crippen LogP contribution in [0.15, 0.2) is 56.1 Å². The fourth-order valence-corrected chi connectivity index (χ4v) is 6.96. The van der Waals surface area contributed by atoms with Crippen molar-refractivity contribution in [3.63, 3.8) is 0 Å². The Kier molecular flexibility index (Phi) is 5.18. The zero-order valence-corrected chi connectivity index (χ0v) is 20.2. The molecular weight excluding hydrogens is 468 g/mol. The lowest BCUT2D eigenvalue weighted by Crippen LogP contribution is -2.23. The lowest BCUT2D eigenvalue weighted by Gasteiger charge is -2.17. The molecule has 4 aromatic heterocycles. The minimum Gasteiger partial charge on any atom is -0.449 e. The van der Waals surface area contributed by atoms with Gasteiger partial charge in [0.25, 0.3) is 11.1 Å². The highest BCUT2D eigenvalue weighted by molar-refractivity contribution is 7.98. The van der Waals surface area contributed by atoms with Gasteiger partial charge < -0.3 is 9.40 Å².